The normalized spacial score (nSPS) is 17.1. The van der Waals surface area contributed by atoms with Crippen molar-refractivity contribution in [2.45, 2.75) is 38.5 Å². The standard InChI is InChI=1S/C25H22N2O4/c1-14-18-12-15(10-11-21(18)27-24(14)29)22(28)13-31-25(30)23-16-6-2-4-8-19(16)26-20-9-5-3-7-17(20)23/h2,4,6,8,10-12,14H,3,5,7,9,13H2,1H3,(H,27,29)/t14-/m1/s1. The molecule has 0 unspecified atom stereocenters. The minimum absolute atomic E-state index is 0.0830. The van der Waals surface area contributed by atoms with Gasteiger partial charge in [0.1, 0.15) is 0 Å². The number of aryl methyl sites for hydroxylation is 1. The molecule has 0 radical (unpaired) electrons. The molecule has 1 amide bonds. The quantitative estimate of drug-likeness (QED) is 0.511. The van der Waals surface area contributed by atoms with Gasteiger partial charge in [-0.1, -0.05) is 18.2 Å². The highest BCUT2D eigenvalue weighted by atomic mass is 16.5. The molecule has 0 bridgehead atoms. The number of amides is 1. The van der Waals surface area contributed by atoms with Gasteiger partial charge < -0.3 is 10.1 Å². The van der Waals surface area contributed by atoms with Crippen LogP contribution >= 0.6 is 0 Å². The minimum Gasteiger partial charge on any atom is -0.454 e. The first-order valence-corrected chi connectivity index (χ1v) is 10.6. The number of nitrogens with zero attached hydrogens (tertiary/aromatic N) is 1. The van der Waals surface area contributed by atoms with E-state index in [4.69, 9.17) is 9.72 Å². The van der Waals surface area contributed by atoms with E-state index in [1.807, 2.05) is 24.3 Å². The second kappa shape index (κ2) is 7.61. The van der Waals surface area contributed by atoms with Crippen molar-refractivity contribution in [3.05, 3.63) is 70.4 Å². The molecule has 31 heavy (non-hydrogen) atoms. The van der Waals surface area contributed by atoms with E-state index in [-0.39, 0.29) is 24.2 Å². The summed E-state index contributed by atoms with van der Waals surface area (Å²) >= 11 is 0. The molecule has 2 aliphatic rings. The van der Waals surface area contributed by atoms with Gasteiger partial charge >= 0.3 is 5.97 Å². The van der Waals surface area contributed by atoms with Gasteiger partial charge in [-0.25, -0.2) is 4.79 Å². The summed E-state index contributed by atoms with van der Waals surface area (Å²) in [5.74, 6) is -1.17. The van der Waals surface area contributed by atoms with E-state index in [1.54, 1.807) is 25.1 Å². The summed E-state index contributed by atoms with van der Waals surface area (Å²) < 4.78 is 5.49. The lowest BCUT2D eigenvalue weighted by atomic mass is 9.90. The highest BCUT2D eigenvalue weighted by molar-refractivity contribution is 6.07. The van der Waals surface area contributed by atoms with E-state index >= 15 is 0 Å². The molecule has 6 heteroatoms. The maximum atomic E-state index is 13.1. The number of esters is 1. The average molecular weight is 414 g/mol. The van der Waals surface area contributed by atoms with Crippen molar-refractivity contribution in [3.8, 4) is 0 Å². The van der Waals surface area contributed by atoms with Crippen molar-refractivity contribution in [1.82, 2.24) is 4.98 Å². The van der Waals surface area contributed by atoms with Gasteiger partial charge in [-0.05, 0) is 68.0 Å². The number of para-hydroxylation sites is 1. The van der Waals surface area contributed by atoms with Gasteiger partial charge in [-0.15, -0.1) is 0 Å². The summed E-state index contributed by atoms with van der Waals surface area (Å²) in [6.45, 7) is 1.45. The Balaban J connectivity index is 1.40. The van der Waals surface area contributed by atoms with Crippen LogP contribution in [0.3, 0.4) is 0 Å². The third-order valence-electron chi connectivity index (χ3n) is 6.20. The molecule has 0 fully saturated rings. The highest BCUT2D eigenvalue weighted by Crippen LogP contribution is 2.33. The van der Waals surface area contributed by atoms with Crippen molar-refractivity contribution in [2.75, 3.05) is 11.9 Å². The van der Waals surface area contributed by atoms with Crippen LogP contribution in [-0.2, 0) is 22.4 Å². The lowest BCUT2D eigenvalue weighted by Crippen LogP contribution is -2.19. The number of ether oxygens (including phenoxy) is 1. The minimum atomic E-state index is -0.489. The van der Waals surface area contributed by atoms with Gasteiger partial charge in [0.2, 0.25) is 5.91 Å². The smallest absolute Gasteiger partial charge is 0.339 e. The molecule has 5 rings (SSSR count). The molecule has 156 valence electrons. The largest absolute Gasteiger partial charge is 0.454 e. The topological polar surface area (TPSA) is 85.4 Å². The van der Waals surface area contributed by atoms with Gasteiger partial charge in [0, 0.05) is 22.3 Å². The number of aromatic nitrogens is 1. The number of Topliss-reactive ketones (excluding diaryl/α,β-unsaturated/α-hetero) is 1. The first-order valence-electron chi connectivity index (χ1n) is 10.6. The van der Waals surface area contributed by atoms with E-state index < -0.39 is 5.97 Å². The summed E-state index contributed by atoms with van der Waals surface area (Å²) in [7, 11) is 0. The third kappa shape index (κ3) is 3.38. The second-order valence-electron chi connectivity index (χ2n) is 8.15. The van der Waals surface area contributed by atoms with Crippen LogP contribution in [0, 0.1) is 0 Å². The molecule has 0 spiro atoms. The molecule has 0 saturated heterocycles. The number of rotatable bonds is 4. The van der Waals surface area contributed by atoms with Crippen LogP contribution in [-0.4, -0.2) is 29.3 Å². The summed E-state index contributed by atoms with van der Waals surface area (Å²) in [6.07, 6.45) is 3.69. The fourth-order valence-corrected chi connectivity index (χ4v) is 4.48. The van der Waals surface area contributed by atoms with E-state index in [0.29, 0.717) is 11.1 Å². The monoisotopic (exact) mass is 414 g/mol. The van der Waals surface area contributed by atoms with Gasteiger partial charge in [0.15, 0.2) is 12.4 Å². The first kappa shape index (κ1) is 19.4. The van der Waals surface area contributed by atoms with Crippen LogP contribution in [0.1, 0.15) is 63.2 Å². The third-order valence-corrected chi connectivity index (χ3v) is 6.20. The van der Waals surface area contributed by atoms with E-state index in [1.165, 1.54) is 0 Å². The number of fused-ring (bicyclic) bond motifs is 3. The number of ketones is 1. The average Bonchev–Trinajstić information content (AvgIpc) is 3.08. The fourth-order valence-electron chi connectivity index (χ4n) is 4.48. The molecule has 6 nitrogen and oxygen atoms in total. The van der Waals surface area contributed by atoms with E-state index in [9.17, 15) is 14.4 Å². The Morgan fingerprint density at radius 3 is 2.81 bits per heavy atom. The Morgan fingerprint density at radius 2 is 1.94 bits per heavy atom. The number of carbonyl (C=O) groups excluding carboxylic acids is 3. The second-order valence-corrected chi connectivity index (χ2v) is 8.15. The Hall–Kier alpha value is -3.54. The number of pyridine rings is 1. The molecular formula is C25H22N2O4. The van der Waals surface area contributed by atoms with Crippen LogP contribution in [0.25, 0.3) is 10.9 Å². The maximum Gasteiger partial charge on any atom is 0.339 e. The van der Waals surface area contributed by atoms with Crippen LogP contribution in [0.15, 0.2) is 42.5 Å². The number of nitrogens with one attached hydrogen (secondary N) is 1. The summed E-state index contributed by atoms with van der Waals surface area (Å²) in [4.78, 5) is 42.4. The van der Waals surface area contributed by atoms with Crippen molar-refractivity contribution in [1.29, 1.82) is 0 Å². The lowest BCUT2D eigenvalue weighted by molar-refractivity contribution is -0.116. The number of anilines is 1. The van der Waals surface area contributed by atoms with Crippen molar-refractivity contribution in [3.63, 3.8) is 0 Å². The summed E-state index contributed by atoms with van der Waals surface area (Å²) in [6, 6.07) is 12.6. The molecule has 1 aliphatic carbocycles. The van der Waals surface area contributed by atoms with Crippen molar-refractivity contribution < 1.29 is 19.1 Å². The summed E-state index contributed by atoms with van der Waals surface area (Å²) in [5, 5.41) is 3.55. The number of benzene rings is 2. The molecular weight excluding hydrogens is 392 g/mol. The number of carbonyl (C=O) groups is 3. The SMILES string of the molecule is C[C@H]1C(=O)Nc2ccc(C(=O)COC(=O)c3c4c(nc5ccccc35)CCCC4)cc21. The fraction of sp³-hybridized carbons (Fsp3) is 0.280. The van der Waals surface area contributed by atoms with Crippen LogP contribution in [0.5, 0.6) is 0 Å². The number of hydrogen-bond acceptors (Lipinski definition) is 5. The van der Waals surface area contributed by atoms with Gasteiger partial charge in [-0.3, -0.25) is 14.6 Å². The van der Waals surface area contributed by atoms with E-state index in [2.05, 4.69) is 5.32 Å². The van der Waals surface area contributed by atoms with E-state index in [0.717, 1.165) is 59.1 Å². The first-order chi connectivity index (χ1) is 15.0. The van der Waals surface area contributed by atoms with Crippen molar-refractivity contribution in [2.24, 2.45) is 0 Å². The molecule has 0 saturated carbocycles. The zero-order chi connectivity index (χ0) is 21.5. The van der Waals surface area contributed by atoms with Crippen molar-refractivity contribution >= 4 is 34.3 Å². The van der Waals surface area contributed by atoms with Gasteiger partial charge in [0.05, 0.1) is 17.0 Å². The predicted molar refractivity (Wildman–Crippen MR) is 116 cm³/mol. The Morgan fingerprint density at radius 1 is 1.13 bits per heavy atom. The zero-order valence-corrected chi connectivity index (χ0v) is 17.2. The Bertz CT molecular complexity index is 1250. The summed E-state index contributed by atoms with van der Waals surface area (Å²) in [5.41, 5.74) is 5.14. The molecule has 1 atom stereocenters. The zero-order valence-electron chi connectivity index (χ0n) is 17.2. The van der Waals surface area contributed by atoms with Crippen LogP contribution in [0.4, 0.5) is 5.69 Å². The molecule has 1 N–H and O–H groups in total. The highest BCUT2D eigenvalue weighted by Gasteiger charge is 2.28. The number of hydrogen-bond donors (Lipinski definition) is 1. The molecule has 1 aromatic heterocycles. The van der Waals surface area contributed by atoms with Crippen LogP contribution < -0.4 is 5.32 Å². The molecule has 2 heterocycles. The van der Waals surface area contributed by atoms with Gasteiger partial charge in [0.25, 0.3) is 0 Å². The molecule has 2 aromatic carbocycles. The maximum absolute atomic E-state index is 13.1. The molecule has 1 aliphatic heterocycles. The lowest BCUT2D eigenvalue weighted by Gasteiger charge is -2.19. The predicted octanol–water partition coefficient (Wildman–Crippen LogP) is 4.21. The Labute approximate surface area is 179 Å². The van der Waals surface area contributed by atoms with Gasteiger partial charge in [-0.2, -0.15) is 0 Å². The molecule has 3 aromatic rings. The Kier molecular flexibility index (Phi) is 4.77. The van der Waals surface area contributed by atoms with Crippen LogP contribution in [0.2, 0.25) is 0 Å².